The lowest BCUT2D eigenvalue weighted by atomic mass is 10.0. The van der Waals surface area contributed by atoms with Crippen molar-refractivity contribution in [1.29, 1.82) is 0 Å². The lowest BCUT2D eigenvalue weighted by Crippen LogP contribution is -2.45. The van der Waals surface area contributed by atoms with Gasteiger partial charge in [-0.2, -0.15) is 0 Å². The summed E-state index contributed by atoms with van der Waals surface area (Å²) >= 11 is 3.43. The van der Waals surface area contributed by atoms with Gasteiger partial charge in [0.2, 0.25) is 0 Å². The predicted octanol–water partition coefficient (Wildman–Crippen LogP) is 2.91. The first-order valence-corrected chi connectivity index (χ1v) is 8.06. The van der Waals surface area contributed by atoms with E-state index in [-0.39, 0.29) is 5.75 Å². The van der Waals surface area contributed by atoms with E-state index in [9.17, 15) is 5.11 Å². The fraction of sp³-hybridized carbons (Fsp3) is 0.600. The van der Waals surface area contributed by atoms with Crippen molar-refractivity contribution < 1.29 is 9.84 Å². The molecule has 5 heteroatoms. The molecule has 1 heterocycles. The van der Waals surface area contributed by atoms with Crippen LogP contribution in [0.15, 0.2) is 16.6 Å². The molecule has 112 valence electrons. The average molecular weight is 343 g/mol. The van der Waals surface area contributed by atoms with E-state index in [4.69, 9.17) is 4.74 Å². The number of hydrogen-bond donors (Lipinski definition) is 2. The van der Waals surface area contributed by atoms with Crippen LogP contribution >= 0.6 is 15.9 Å². The Morgan fingerprint density at radius 3 is 2.65 bits per heavy atom. The van der Waals surface area contributed by atoms with E-state index < -0.39 is 0 Å². The third-order valence-corrected chi connectivity index (χ3v) is 4.32. The highest BCUT2D eigenvalue weighted by molar-refractivity contribution is 9.10. The van der Waals surface area contributed by atoms with E-state index in [0.29, 0.717) is 22.9 Å². The van der Waals surface area contributed by atoms with Gasteiger partial charge in [-0.1, -0.05) is 6.92 Å². The molecular weight excluding hydrogens is 320 g/mol. The van der Waals surface area contributed by atoms with Gasteiger partial charge in [0.05, 0.1) is 11.1 Å². The van der Waals surface area contributed by atoms with Crippen molar-refractivity contribution in [3.8, 4) is 11.5 Å². The summed E-state index contributed by atoms with van der Waals surface area (Å²) in [4.78, 5) is 2.49. The minimum absolute atomic E-state index is 0.186. The molecule has 1 aromatic rings. The third kappa shape index (κ3) is 3.45. The summed E-state index contributed by atoms with van der Waals surface area (Å²) < 4.78 is 6.23. The van der Waals surface area contributed by atoms with E-state index >= 15 is 0 Å². The minimum Gasteiger partial charge on any atom is -0.503 e. The highest BCUT2D eigenvalue weighted by atomic mass is 79.9. The van der Waals surface area contributed by atoms with Gasteiger partial charge in [0.25, 0.3) is 0 Å². The predicted molar refractivity (Wildman–Crippen MR) is 84.5 cm³/mol. The number of piperazine rings is 1. The normalized spacial score (nSPS) is 17.9. The van der Waals surface area contributed by atoms with Crippen LogP contribution in [0.2, 0.25) is 0 Å². The van der Waals surface area contributed by atoms with E-state index in [0.717, 1.165) is 32.6 Å². The van der Waals surface area contributed by atoms with Crippen molar-refractivity contribution in [1.82, 2.24) is 10.2 Å². The molecule has 0 aliphatic carbocycles. The molecular formula is C15H23BrN2O2. The van der Waals surface area contributed by atoms with Gasteiger partial charge in [0.1, 0.15) is 0 Å². The summed E-state index contributed by atoms with van der Waals surface area (Å²) in [7, 11) is 0. The first-order valence-electron chi connectivity index (χ1n) is 7.27. The zero-order valence-electron chi connectivity index (χ0n) is 12.2. The highest BCUT2D eigenvalue weighted by Crippen LogP contribution is 2.39. The average Bonchev–Trinajstić information content (AvgIpc) is 2.46. The smallest absolute Gasteiger partial charge is 0.172 e. The Morgan fingerprint density at radius 2 is 2.05 bits per heavy atom. The fourth-order valence-corrected chi connectivity index (χ4v) is 3.21. The van der Waals surface area contributed by atoms with Crippen LogP contribution in [0, 0.1) is 0 Å². The maximum atomic E-state index is 10.0. The number of nitrogens with zero attached hydrogens (tertiary/aromatic N) is 1. The second-order valence-electron chi connectivity index (χ2n) is 4.99. The largest absolute Gasteiger partial charge is 0.503 e. The van der Waals surface area contributed by atoms with Gasteiger partial charge < -0.3 is 15.2 Å². The molecule has 0 spiro atoms. The summed E-state index contributed by atoms with van der Waals surface area (Å²) in [5, 5.41) is 13.4. The molecule has 1 fully saturated rings. The molecule has 4 nitrogen and oxygen atoms in total. The Kier molecular flexibility index (Phi) is 5.69. The quantitative estimate of drug-likeness (QED) is 0.863. The molecule has 0 bridgehead atoms. The van der Waals surface area contributed by atoms with Crippen LogP contribution in [-0.2, 0) is 0 Å². The summed E-state index contributed by atoms with van der Waals surface area (Å²) in [6.07, 6.45) is 1.04. The number of hydrogen-bond acceptors (Lipinski definition) is 4. The molecule has 1 aliphatic heterocycles. The van der Waals surface area contributed by atoms with Gasteiger partial charge in [-0.05, 0) is 47.0 Å². The van der Waals surface area contributed by atoms with Crippen LogP contribution in [-0.4, -0.2) is 42.8 Å². The molecule has 1 saturated heterocycles. The SMILES string of the molecule is CCOc1cc([C@@H](CC)N2CCNCC2)cc(Br)c1O. The number of halogens is 1. The zero-order chi connectivity index (χ0) is 14.5. The van der Waals surface area contributed by atoms with E-state index in [1.165, 1.54) is 5.56 Å². The first-order chi connectivity index (χ1) is 9.67. The van der Waals surface area contributed by atoms with Crippen LogP contribution in [0.1, 0.15) is 31.9 Å². The number of aromatic hydroxyl groups is 1. The maximum absolute atomic E-state index is 10.0. The molecule has 20 heavy (non-hydrogen) atoms. The van der Waals surface area contributed by atoms with Crippen molar-refractivity contribution in [3.05, 3.63) is 22.2 Å². The lowest BCUT2D eigenvalue weighted by Gasteiger charge is -2.35. The van der Waals surface area contributed by atoms with Crippen molar-refractivity contribution in [3.63, 3.8) is 0 Å². The Hall–Kier alpha value is -0.780. The van der Waals surface area contributed by atoms with Crippen molar-refractivity contribution >= 4 is 15.9 Å². The van der Waals surface area contributed by atoms with E-state index in [1.54, 1.807) is 0 Å². The number of phenols is 1. The van der Waals surface area contributed by atoms with Crippen LogP contribution in [0.4, 0.5) is 0 Å². The van der Waals surface area contributed by atoms with Gasteiger partial charge in [-0.25, -0.2) is 0 Å². The zero-order valence-corrected chi connectivity index (χ0v) is 13.7. The summed E-state index contributed by atoms with van der Waals surface area (Å²) in [5.74, 6) is 0.747. The molecule has 0 saturated carbocycles. The van der Waals surface area contributed by atoms with Crippen molar-refractivity contribution in [2.45, 2.75) is 26.3 Å². The molecule has 2 N–H and O–H groups in total. The Labute approximate surface area is 129 Å². The summed E-state index contributed by atoms with van der Waals surface area (Å²) in [6, 6.07) is 4.35. The second-order valence-corrected chi connectivity index (χ2v) is 5.85. The van der Waals surface area contributed by atoms with Gasteiger partial charge in [0.15, 0.2) is 11.5 Å². The molecule has 0 radical (unpaired) electrons. The van der Waals surface area contributed by atoms with Crippen LogP contribution in [0.5, 0.6) is 11.5 Å². The minimum atomic E-state index is 0.186. The summed E-state index contributed by atoms with van der Waals surface area (Å²) in [5.41, 5.74) is 1.20. The monoisotopic (exact) mass is 342 g/mol. The number of benzene rings is 1. The summed E-state index contributed by atoms with van der Waals surface area (Å²) in [6.45, 7) is 8.86. The molecule has 1 atom stereocenters. The lowest BCUT2D eigenvalue weighted by molar-refractivity contribution is 0.169. The molecule has 0 amide bonds. The van der Waals surface area contributed by atoms with E-state index in [2.05, 4.69) is 33.1 Å². The highest BCUT2D eigenvalue weighted by Gasteiger charge is 2.22. The topological polar surface area (TPSA) is 44.7 Å². The number of phenolic OH excluding ortho intramolecular Hbond substituents is 1. The van der Waals surface area contributed by atoms with E-state index in [1.807, 2.05) is 19.1 Å². The Bertz CT molecular complexity index is 448. The van der Waals surface area contributed by atoms with Crippen molar-refractivity contribution in [2.24, 2.45) is 0 Å². The third-order valence-electron chi connectivity index (χ3n) is 3.71. The standard InChI is InChI=1S/C15H23BrN2O2/c1-3-13(18-7-5-17-6-8-18)11-9-12(16)15(19)14(10-11)20-4-2/h9-10,13,17,19H,3-8H2,1-2H3/t13-/m1/s1. The molecule has 0 unspecified atom stereocenters. The number of nitrogens with one attached hydrogen (secondary N) is 1. The molecule has 0 aromatic heterocycles. The van der Waals surface area contributed by atoms with Crippen LogP contribution in [0.3, 0.4) is 0 Å². The molecule has 1 aliphatic rings. The number of ether oxygens (including phenoxy) is 1. The first kappa shape index (κ1) is 15.6. The molecule has 1 aromatic carbocycles. The Morgan fingerprint density at radius 1 is 1.35 bits per heavy atom. The molecule has 2 rings (SSSR count). The number of rotatable bonds is 5. The van der Waals surface area contributed by atoms with Gasteiger partial charge in [0, 0.05) is 32.2 Å². The van der Waals surface area contributed by atoms with Gasteiger partial charge >= 0.3 is 0 Å². The van der Waals surface area contributed by atoms with Crippen molar-refractivity contribution in [2.75, 3.05) is 32.8 Å². The fourth-order valence-electron chi connectivity index (χ4n) is 2.75. The van der Waals surface area contributed by atoms with Crippen LogP contribution in [0.25, 0.3) is 0 Å². The Balaban J connectivity index is 2.28. The van der Waals surface area contributed by atoms with Crippen LogP contribution < -0.4 is 10.1 Å². The van der Waals surface area contributed by atoms with Gasteiger partial charge in [-0.3, -0.25) is 4.90 Å². The maximum Gasteiger partial charge on any atom is 0.172 e. The van der Waals surface area contributed by atoms with Gasteiger partial charge in [-0.15, -0.1) is 0 Å². The second kappa shape index (κ2) is 7.29.